The molecule has 3 aromatic heterocycles. The Kier molecular flexibility index (Phi) is 4.40. The number of fused-ring (bicyclic) bond motifs is 2. The second-order valence-electron chi connectivity index (χ2n) is 7.55. The van der Waals surface area contributed by atoms with Crippen molar-refractivity contribution in [1.82, 2.24) is 19.7 Å². The molecule has 7 nitrogen and oxygen atoms in total. The van der Waals surface area contributed by atoms with Crippen LogP contribution in [0.15, 0.2) is 36.7 Å². The average Bonchev–Trinajstić information content (AvgIpc) is 3.44. The normalized spacial score (nSPS) is 17.2. The number of aromatic nitrogens is 3. The van der Waals surface area contributed by atoms with Crippen molar-refractivity contribution in [3.8, 4) is 23.1 Å². The molecule has 150 valence electrons. The molecule has 5 rings (SSSR count). The smallest absolute Gasteiger partial charge is 0.220 e. The lowest BCUT2D eigenvalue weighted by molar-refractivity contribution is -0.119. The van der Waals surface area contributed by atoms with Gasteiger partial charge in [-0.05, 0) is 38.1 Å². The van der Waals surface area contributed by atoms with E-state index in [1.54, 1.807) is 29.8 Å². The monoisotopic (exact) mass is 417 g/mol. The number of rotatable bonds is 4. The summed E-state index contributed by atoms with van der Waals surface area (Å²) in [6.45, 7) is 4.62. The van der Waals surface area contributed by atoms with Gasteiger partial charge in [-0.1, -0.05) is 0 Å². The Labute approximate surface area is 176 Å². The largest absolute Gasteiger partial charge is 0.489 e. The molecule has 1 fully saturated rings. The van der Waals surface area contributed by atoms with E-state index in [0.717, 1.165) is 37.9 Å². The summed E-state index contributed by atoms with van der Waals surface area (Å²) < 4.78 is 9.27. The van der Waals surface area contributed by atoms with E-state index in [0.29, 0.717) is 18.5 Å². The quantitative estimate of drug-likeness (QED) is 0.547. The Morgan fingerprint density at radius 3 is 3.03 bits per heavy atom. The number of pyridine rings is 1. The van der Waals surface area contributed by atoms with Gasteiger partial charge in [0.1, 0.15) is 23.6 Å². The molecule has 1 aliphatic rings. The Morgan fingerprint density at radius 1 is 1.40 bits per heavy atom. The Balaban J connectivity index is 1.60. The molecule has 1 aliphatic heterocycles. The minimum absolute atomic E-state index is 0.0713. The van der Waals surface area contributed by atoms with Gasteiger partial charge >= 0.3 is 0 Å². The van der Waals surface area contributed by atoms with E-state index >= 15 is 0 Å². The molecule has 0 bridgehead atoms. The number of benzene rings is 1. The van der Waals surface area contributed by atoms with Crippen LogP contribution in [0.2, 0.25) is 0 Å². The van der Waals surface area contributed by atoms with Gasteiger partial charge in [-0.15, -0.1) is 11.3 Å². The summed E-state index contributed by atoms with van der Waals surface area (Å²) in [5, 5.41) is 13.1. The number of carbonyl (C=O) groups is 1. The molecule has 1 saturated heterocycles. The van der Waals surface area contributed by atoms with Gasteiger partial charge in [-0.3, -0.25) is 9.20 Å². The summed E-state index contributed by atoms with van der Waals surface area (Å²) in [6.07, 6.45) is 3.95. The summed E-state index contributed by atoms with van der Waals surface area (Å²) in [6, 6.07) is 9.79. The number of hydrogen-bond acceptors (Lipinski definition) is 6. The lowest BCUT2D eigenvalue weighted by Gasteiger charge is -2.20. The van der Waals surface area contributed by atoms with Crippen LogP contribution in [0.5, 0.6) is 5.75 Å². The number of ether oxygens (including phenoxy) is 1. The number of aryl methyl sites for hydroxylation is 1. The second kappa shape index (κ2) is 7.11. The first-order chi connectivity index (χ1) is 14.5. The van der Waals surface area contributed by atoms with Crippen molar-refractivity contribution in [3.05, 3.63) is 47.2 Å². The molecule has 2 atom stereocenters. The maximum Gasteiger partial charge on any atom is 0.220 e. The lowest BCUT2D eigenvalue weighted by atomic mass is 10.0. The second-order valence-corrected chi connectivity index (χ2v) is 8.75. The summed E-state index contributed by atoms with van der Waals surface area (Å²) in [5.41, 5.74) is 3.98. The van der Waals surface area contributed by atoms with Crippen molar-refractivity contribution in [3.63, 3.8) is 0 Å². The van der Waals surface area contributed by atoms with Crippen molar-refractivity contribution < 1.29 is 9.53 Å². The SMILES string of the molecule is Cc1nc2cc(-c3cnc4ccc(C#N)cn34)cc(OC(C)[C@H]3CNC(=O)C3)c2s1. The van der Waals surface area contributed by atoms with Gasteiger partial charge in [0.25, 0.3) is 0 Å². The van der Waals surface area contributed by atoms with Crippen LogP contribution in [0.25, 0.3) is 27.1 Å². The Morgan fingerprint density at radius 2 is 2.27 bits per heavy atom. The lowest BCUT2D eigenvalue weighted by Crippen LogP contribution is -2.25. The molecule has 1 aromatic carbocycles. The van der Waals surface area contributed by atoms with Gasteiger partial charge in [0, 0.05) is 30.6 Å². The molecule has 4 heterocycles. The minimum Gasteiger partial charge on any atom is -0.489 e. The summed E-state index contributed by atoms with van der Waals surface area (Å²) in [4.78, 5) is 20.7. The third-order valence-corrected chi connectivity index (χ3v) is 6.48. The molecule has 0 spiro atoms. The highest BCUT2D eigenvalue weighted by molar-refractivity contribution is 7.18. The number of imidazole rings is 1. The predicted octanol–water partition coefficient (Wildman–Crippen LogP) is 3.69. The Bertz CT molecular complexity index is 1330. The highest BCUT2D eigenvalue weighted by atomic mass is 32.1. The van der Waals surface area contributed by atoms with E-state index in [2.05, 4.69) is 21.4 Å². The van der Waals surface area contributed by atoms with Gasteiger partial charge in [0.2, 0.25) is 5.91 Å². The van der Waals surface area contributed by atoms with Crippen LogP contribution < -0.4 is 10.1 Å². The summed E-state index contributed by atoms with van der Waals surface area (Å²) in [7, 11) is 0. The number of nitrogens with zero attached hydrogens (tertiary/aromatic N) is 4. The zero-order chi connectivity index (χ0) is 20.8. The van der Waals surface area contributed by atoms with E-state index in [1.165, 1.54) is 0 Å². The van der Waals surface area contributed by atoms with Gasteiger partial charge in [0.15, 0.2) is 0 Å². The maximum absolute atomic E-state index is 11.6. The van der Waals surface area contributed by atoms with Crippen LogP contribution in [-0.2, 0) is 4.79 Å². The highest BCUT2D eigenvalue weighted by Crippen LogP contribution is 2.37. The molecule has 0 saturated carbocycles. The number of nitrogens with one attached hydrogen (secondary N) is 1. The van der Waals surface area contributed by atoms with Gasteiger partial charge in [0.05, 0.1) is 32.7 Å². The summed E-state index contributed by atoms with van der Waals surface area (Å²) in [5.74, 6) is 0.965. The molecule has 1 N–H and O–H groups in total. The Hall–Kier alpha value is -3.44. The van der Waals surface area contributed by atoms with Gasteiger partial charge in [-0.2, -0.15) is 5.26 Å². The first-order valence-electron chi connectivity index (χ1n) is 9.74. The van der Waals surface area contributed by atoms with Crippen molar-refractivity contribution in [2.45, 2.75) is 26.4 Å². The fraction of sp³-hybridized carbons (Fsp3) is 0.273. The molecule has 8 heteroatoms. The first-order valence-corrected chi connectivity index (χ1v) is 10.6. The molecule has 30 heavy (non-hydrogen) atoms. The number of carbonyl (C=O) groups excluding carboxylic acids is 1. The third kappa shape index (κ3) is 3.17. The van der Waals surface area contributed by atoms with Crippen molar-refractivity contribution in [1.29, 1.82) is 5.26 Å². The van der Waals surface area contributed by atoms with Crippen LogP contribution in [0.4, 0.5) is 0 Å². The maximum atomic E-state index is 11.6. The van der Waals surface area contributed by atoms with Crippen molar-refractivity contribution in [2.75, 3.05) is 6.54 Å². The molecule has 4 aromatic rings. The van der Waals surface area contributed by atoms with E-state index in [9.17, 15) is 10.1 Å². The number of thiazole rings is 1. The minimum atomic E-state index is -0.114. The zero-order valence-electron chi connectivity index (χ0n) is 16.5. The molecule has 1 amide bonds. The molecular weight excluding hydrogens is 398 g/mol. The molecule has 0 radical (unpaired) electrons. The van der Waals surface area contributed by atoms with Crippen LogP contribution in [0, 0.1) is 24.2 Å². The number of amides is 1. The van der Waals surface area contributed by atoms with E-state index in [-0.39, 0.29) is 17.9 Å². The standard InChI is InChI=1S/C22H19N5O2S/c1-12(16-7-21(28)25-9-16)29-19-6-15(5-17-22(19)30-13(2)26-17)18-10-24-20-4-3-14(8-23)11-27(18)20/h3-6,10-12,16H,7,9H2,1-2H3,(H,25,28)/t12?,16-/m1/s1. The predicted molar refractivity (Wildman–Crippen MR) is 114 cm³/mol. The van der Waals surface area contributed by atoms with E-state index in [1.807, 2.05) is 36.4 Å². The van der Waals surface area contributed by atoms with Crippen LogP contribution in [0.1, 0.15) is 23.9 Å². The number of nitriles is 1. The first kappa shape index (κ1) is 18.6. The average molecular weight is 417 g/mol. The zero-order valence-corrected chi connectivity index (χ0v) is 17.4. The van der Waals surface area contributed by atoms with E-state index < -0.39 is 0 Å². The van der Waals surface area contributed by atoms with Crippen LogP contribution >= 0.6 is 11.3 Å². The van der Waals surface area contributed by atoms with E-state index in [4.69, 9.17) is 4.74 Å². The molecule has 0 aliphatic carbocycles. The van der Waals surface area contributed by atoms with Crippen LogP contribution in [-0.4, -0.2) is 32.9 Å². The highest BCUT2D eigenvalue weighted by Gasteiger charge is 2.28. The molecule has 1 unspecified atom stereocenters. The van der Waals surface area contributed by atoms with Crippen molar-refractivity contribution >= 4 is 33.1 Å². The fourth-order valence-corrected chi connectivity index (χ4v) is 4.72. The number of hydrogen-bond donors (Lipinski definition) is 1. The molecular formula is C22H19N5O2S. The topological polar surface area (TPSA) is 92.3 Å². The van der Waals surface area contributed by atoms with Crippen molar-refractivity contribution in [2.24, 2.45) is 5.92 Å². The van der Waals surface area contributed by atoms with Gasteiger partial charge < -0.3 is 10.1 Å². The van der Waals surface area contributed by atoms with Gasteiger partial charge in [-0.25, -0.2) is 9.97 Å². The fourth-order valence-electron chi connectivity index (χ4n) is 3.86. The van der Waals surface area contributed by atoms with Crippen LogP contribution in [0.3, 0.4) is 0 Å². The summed E-state index contributed by atoms with van der Waals surface area (Å²) >= 11 is 1.60. The third-order valence-electron chi connectivity index (χ3n) is 5.48.